The quantitative estimate of drug-likeness (QED) is 0.869. The minimum Gasteiger partial charge on any atom is -0.465 e. The zero-order valence-corrected chi connectivity index (χ0v) is 13.9. The summed E-state index contributed by atoms with van der Waals surface area (Å²) in [6.07, 6.45) is 5.80. The van der Waals surface area contributed by atoms with Gasteiger partial charge in [-0.1, -0.05) is 0 Å². The van der Waals surface area contributed by atoms with Crippen LogP contribution in [0.2, 0.25) is 0 Å². The van der Waals surface area contributed by atoms with Crippen LogP contribution in [0.25, 0.3) is 6.08 Å². The van der Waals surface area contributed by atoms with Crippen molar-refractivity contribution in [3.05, 3.63) is 30.2 Å². The van der Waals surface area contributed by atoms with E-state index in [9.17, 15) is 9.59 Å². The van der Waals surface area contributed by atoms with Crippen molar-refractivity contribution in [2.75, 3.05) is 13.1 Å². The Balaban J connectivity index is 1.74. The Kier molecular flexibility index (Phi) is 5.47. The predicted molar refractivity (Wildman–Crippen MR) is 86.7 cm³/mol. The average molecular weight is 320 g/mol. The summed E-state index contributed by atoms with van der Waals surface area (Å²) in [5, 5.41) is 2.94. The standard InChI is InChI=1S/C17H24N2O4/c1-17(2,3)23-16(21)19-10-8-13(9-11-19)18-15(20)7-6-14-5-4-12-22-14/h4-7,12-13H,8-11H2,1-3H3,(H,18,20)/b7-6+. The van der Waals surface area contributed by atoms with Crippen molar-refractivity contribution in [2.45, 2.75) is 45.3 Å². The van der Waals surface area contributed by atoms with Crippen molar-refractivity contribution in [3.8, 4) is 0 Å². The van der Waals surface area contributed by atoms with E-state index in [2.05, 4.69) is 5.32 Å². The predicted octanol–water partition coefficient (Wildman–Crippen LogP) is 2.81. The molecule has 23 heavy (non-hydrogen) atoms. The Morgan fingerprint density at radius 3 is 2.61 bits per heavy atom. The van der Waals surface area contributed by atoms with Crippen LogP contribution in [-0.4, -0.2) is 41.6 Å². The van der Waals surface area contributed by atoms with Crippen LogP contribution >= 0.6 is 0 Å². The van der Waals surface area contributed by atoms with Crippen LogP contribution in [0.5, 0.6) is 0 Å². The number of carbonyl (C=O) groups is 2. The lowest BCUT2D eigenvalue weighted by molar-refractivity contribution is -0.117. The van der Waals surface area contributed by atoms with Crippen LogP contribution in [-0.2, 0) is 9.53 Å². The van der Waals surface area contributed by atoms with Gasteiger partial charge in [0, 0.05) is 25.2 Å². The van der Waals surface area contributed by atoms with Gasteiger partial charge in [-0.3, -0.25) is 4.79 Å². The molecule has 1 saturated heterocycles. The maximum atomic E-state index is 12.0. The highest BCUT2D eigenvalue weighted by atomic mass is 16.6. The number of ether oxygens (including phenoxy) is 1. The van der Waals surface area contributed by atoms with E-state index in [1.165, 1.54) is 6.08 Å². The fourth-order valence-corrected chi connectivity index (χ4v) is 2.33. The van der Waals surface area contributed by atoms with E-state index in [4.69, 9.17) is 9.15 Å². The molecule has 0 saturated carbocycles. The number of rotatable bonds is 3. The lowest BCUT2D eigenvalue weighted by atomic mass is 10.1. The molecule has 6 nitrogen and oxygen atoms in total. The molecule has 0 radical (unpaired) electrons. The molecule has 1 N–H and O–H groups in total. The summed E-state index contributed by atoms with van der Waals surface area (Å²) in [5.41, 5.74) is -0.487. The molecule has 0 spiro atoms. The zero-order chi connectivity index (χ0) is 16.9. The third-order valence-corrected chi connectivity index (χ3v) is 3.44. The molecule has 2 heterocycles. The summed E-state index contributed by atoms with van der Waals surface area (Å²) in [5.74, 6) is 0.483. The van der Waals surface area contributed by atoms with Crippen LogP contribution in [0, 0.1) is 0 Å². The zero-order valence-electron chi connectivity index (χ0n) is 13.9. The molecule has 1 aliphatic heterocycles. The van der Waals surface area contributed by atoms with E-state index in [-0.39, 0.29) is 18.0 Å². The number of nitrogens with zero attached hydrogens (tertiary/aromatic N) is 1. The van der Waals surface area contributed by atoms with E-state index in [1.54, 1.807) is 29.4 Å². The minimum atomic E-state index is -0.487. The number of furan rings is 1. The van der Waals surface area contributed by atoms with Crippen LogP contribution in [0.1, 0.15) is 39.4 Å². The molecule has 1 aromatic rings. The lowest BCUT2D eigenvalue weighted by Gasteiger charge is -2.33. The molecule has 2 amide bonds. The van der Waals surface area contributed by atoms with Crippen molar-refractivity contribution in [3.63, 3.8) is 0 Å². The van der Waals surface area contributed by atoms with Gasteiger partial charge in [-0.25, -0.2) is 4.79 Å². The van der Waals surface area contributed by atoms with Crippen molar-refractivity contribution < 1.29 is 18.7 Å². The largest absolute Gasteiger partial charge is 0.465 e. The number of nitrogens with one attached hydrogen (secondary N) is 1. The summed E-state index contributed by atoms with van der Waals surface area (Å²) < 4.78 is 10.5. The monoisotopic (exact) mass is 320 g/mol. The van der Waals surface area contributed by atoms with Gasteiger partial charge < -0.3 is 19.4 Å². The fraction of sp³-hybridized carbons (Fsp3) is 0.529. The molecule has 1 fully saturated rings. The van der Waals surface area contributed by atoms with Gasteiger partial charge in [0.2, 0.25) is 5.91 Å². The highest BCUT2D eigenvalue weighted by molar-refractivity contribution is 5.91. The number of amides is 2. The third-order valence-electron chi connectivity index (χ3n) is 3.44. The van der Waals surface area contributed by atoms with Gasteiger partial charge in [0.05, 0.1) is 6.26 Å². The molecule has 0 atom stereocenters. The van der Waals surface area contributed by atoms with Crippen LogP contribution in [0.4, 0.5) is 4.79 Å². The maximum Gasteiger partial charge on any atom is 0.410 e. The van der Waals surface area contributed by atoms with Gasteiger partial charge in [-0.05, 0) is 51.8 Å². The topological polar surface area (TPSA) is 71.8 Å². The summed E-state index contributed by atoms with van der Waals surface area (Å²) >= 11 is 0. The number of piperidine rings is 1. The SMILES string of the molecule is CC(C)(C)OC(=O)N1CCC(NC(=O)/C=C/c2ccco2)CC1. The number of likely N-dealkylation sites (tertiary alicyclic amines) is 1. The van der Waals surface area contributed by atoms with Gasteiger partial charge >= 0.3 is 6.09 Å². The van der Waals surface area contributed by atoms with Crippen LogP contribution in [0.15, 0.2) is 28.9 Å². The maximum absolute atomic E-state index is 12.0. The molecule has 0 bridgehead atoms. The second-order valence-corrected chi connectivity index (χ2v) is 6.60. The Morgan fingerprint density at radius 2 is 2.04 bits per heavy atom. The molecule has 2 rings (SSSR count). The highest BCUT2D eigenvalue weighted by Crippen LogP contribution is 2.15. The number of carbonyl (C=O) groups excluding carboxylic acids is 2. The fourth-order valence-electron chi connectivity index (χ4n) is 2.33. The normalized spacial score (nSPS) is 16.6. The smallest absolute Gasteiger partial charge is 0.410 e. The molecule has 0 aliphatic carbocycles. The molecule has 126 valence electrons. The first kappa shape index (κ1) is 17.1. The van der Waals surface area contributed by atoms with Crippen LogP contribution in [0.3, 0.4) is 0 Å². The Morgan fingerprint density at radius 1 is 1.35 bits per heavy atom. The van der Waals surface area contributed by atoms with Gasteiger partial charge in [-0.2, -0.15) is 0 Å². The van der Waals surface area contributed by atoms with E-state index in [1.807, 2.05) is 20.8 Å². The Labute approximate surface area is 136 Å². The summed E-state index contributed by atoms with van der Waals surface area (Å²) in [4.78, 5) is 25.5. The molecular formula is C17H24N2O4. The van der Waals surface area contributed by atoms with Crippen molar-refractivity contribution >= 4 is 18.1 Å². The lowest BCUT2D eigenvalue weighted by Crippen LogP contribution is -2.47. The number of hydrogen-bond acceptors (Lipinski definition) is 4. The second-order valence-electron chi connectivity index (χ2n) is 6.60. The molecular weight excluding hydrogens is 296 g/mol. The minimum absolute atomic E-state index is 0.0717. The van der Waals surface area contributed by atoms with Gasteiger partial charge in [0.15, 0.2) is 0 Å². The summed E-state index contributed by atoms with van der Waals surface area (Å²) in [6, 6.07) is 3.62. The molecule has 1 aromatic heterocycles. The first-order chi connectivity index (χ1) is 10.8. The van der Waals surface area contributed by atoms with E-state index >= 15 is 0 Å². The van der Waals surface area contributed by atoms with Gasteiger partial charge in [-0.15, -0.1) is 0 Å². The van der Waals surface area contributed by atoms with E-state index < -0.39 is 5.60 Å². The summed E-state index contributed by atoms with van der Waals surface area (Å²) in [6.45, 7) is 6.72. The molecule has 1 aliphatic rings. The Hall–Kier alpha value is -2.24. The van der Waals surface area contributed by atoms with Crippen molar-refractivity contribution in [1.29, 1.82) is 0 Å². The second kappa shape index (κ2) is 7.35. The van der Waals surface area contributed by atoms with Crippen LogP contribution < -0.4 is 5.32 Å². The van der Waals surface area contributed by atoms with Crippen molar-refractivity contribution in [2.24, 2.45) is 0 Å². The van der Waals surface area contributed by atoms with Gasteiger partial charge in [0.1, 0.15) is 11.4 Å². The molecule has 6 heteroatoms. The number of hydrogen-bond donors (Lipinski definition) is 1. The van der Waals surface area contributed by atoms with E-state index in [0.29, 0.717) is 18.8 Å². The average Bonchev–Trinajstić information content (AvgIpc) is 2.97. The highest BCUT2D eigenvalue weighted by Gasteiger charge is 2.27. The van der Waals surface area contributed by atoms with Crippen molar-refractivity contribution in [1.82, 2.24) is 10.2 Å². The summed E-state index contributed by atoms with van der Waals surface area (Å²) in [7, 11) is 0. The van der Waals surface area contributed by atoms with E-state index in [0.717, 1.165) is 12.8 Å². The van der Waals surface area contributed by atoms with Gasteiger partial charge in [0.25, 0.3) is 0 Å². The first-order valence-electron chi connectivity index (χ1n) is 7.83. The third kappa shape index (κ3) is 5.81. The molecule has 0 aromatic carbocycles. The molecule has 0 unspecified atom stereocenters. The Bertz CT molecular complexity index is 550. The first-order valence-corrected chi connectivity index (χ1v) is 7.83.